The highest BCUT2D eigenvalue weighted by atomic mass is 79.9. The van der Waals surface area contributed by atoms with Crippen LogP contribution in [0.3, 0.4) is 0 Å². The number of nitrogens with two attached hydrogens (primary N) is 1. The summed E-state index contributed by atoms with van der Waals surface area (Å²) < 4.78 is 6.56. The Kier molecular flexibility index (Phi) is 3.63. The highest BCUT2D eigenvalue weighted by Crippen LogP contribution is 2.28. The van der Waals surface area contributed by atoms with Gasteiger partial charge in [-0.1, -0.05) is 15.9 Å². The van der Waals surface area contributed by atoms with Gasteiger partial charge in [0.15, 0.2) is 5.11 Å². The first-order chi connectivity index (χ1) is 8.08. The van der Waals surface area contributed by atoms with Crippen LogP contribution >= 0.6 is 28.1 Å². The number of fused-ring (bicyclic) bond motifs is 1. The molecule has 4 nitrogen and oxygen atoms in total. The molecule has 6 heteroatoms. The van der Waals surface area contributed by atoms with Gasteiger partial charge < -0.3 is 10.5 Å². The van der Waals surface area contributed by atoms with Crippen molar-refractivity contribution >= 4 is 39.0 Å². The van der Waals surface area contributed by atoms with Crippen LogP contribution in [0.4, 0.5) is 0 Å². The third kappa shape index (κ3) is 2.76. The van der Waals surface area contributed by atoms with Crippen molar-refractivity contribution < 1.29 is 4.74 Å². The van der Waals surface area contributed by atoms with Crippen molar-refractivity contribution in [3.8, 4) is 5.75 Å². The predicted octanol–water partition coefficient (Wildman–Crippen LogP) is 2.11. The molecule has 2 rings (SSSR count). The molecule has 0 saturated heterocycles. The van der Waals surface area contributed by atoms with Crippen LogP contribution in [0, 0.1) is 0 Å². The number of nitrogens with zero attached hydrogens (tertiary/aromatic N) is 2. The van der Waals surface area contributed by atoms with Gasteiger partial charge in [0, 0.05) is 23.5 Å². The van der Waals surface area contributed by atoms with E-state index in [1.54, 1.807) is 7.05 Å². The molecule has 0 saturated carbocycles. The predicted molar refractivity (Wildman–Crippen MR) is 75.3 cm³/mol. The maximum Gasteiger partial charge on any atom is 0.186 e. The Labute approximate surface area is 114 Å². The van der Waals surface area contributed by atoms with Crippen LogP contribution in [0.15, 0.2) is 27.8 Å². The minimum atomic E-state index is 0.250. The van der Waals surface area contributed by atoms with Gasteiger partial charge in [-0.15, -0.1) is 0 Å². The monoisotopic (exact) mass is 313 g/mol. The second-order valence-electron chi connectivity index (χ2n) is 3.65. The molecule has 0 aromatic heterocycles. The maximum absolute atomic E-state index is 5.57. The highest BCUT2D eigenvalue weighted by molar-refractivity contribution is 9.10. The molecule has 0 fully saturated rings. The lowest BCUT2D eigenvalue weighted by Crippen LogP contribution is -2.29. The summed E-state index contributed by atoms with van der Waals surface area (Å²) in [5.74, 6) is 0.842. The average molecular weight is 314 g/mol. The highest BCUT2D eigenvalue weighted by Gasteiger charge is 2.17. The van der Waals surface area contributed by atoms with E-state index >= 15 is 0 Å². The van der Waals surface area contributed by atoms with Gasteiger partial charge in [-0.05, 0) is 30.4 Å². The summed E-state index contributed by atoms with van der Waals surface area (Å²) in [6.45, 7) is 0.624. The Morgan fingerprint density at radius 3 is 3.06 bits per heavy atom. The quantitative estimate of drug-likeness (QED) is 0.637. The van der Waals surface area contributed by atoms with Crippen LogP contribution in [0.5, 0.6) is 5.75 Å². The van der Waals surface area contributed by atoms with Gasteiger partial charge >= 0.3 is 0 Å². The molecule has 0 amide bonds. The molecule has 1 aliphatic heterocycles. The summed E-state index contributed by atoms with van der Waals surface area (Å²) in [6, 6.07) is 5.86. The molecule has 1 aliphatic rings. The first-order valence-corrected chi connectivity index (χ1v) is 6.31. The summed E-state index contributed by atoms with van der Waals surface area (Å²) in [4.78, 5) is 0. The van der Waals surface area contributed by atoms with Crippen molar-refractivity contribution in [3.05, 3.63) is 28.2 Å². The molecular formula is C11H12BrN3OS. The number of ether oxygens (including phenoxy) is 1. The van der Waals surface area contributed by atoms with Gasteiger partial charge in [0.25, 0.3) is 0 Å². The van der Waals surface area contributed by atoms with Crippen LogP contribution in [-0.2, 0) is 0 Å². The van der Waals surface area contributed by atoms with E-state index in [0.29, 0.717) is 6.61 Å². The number of hydrogen-bond acceptors (Lipinski definition) is 3. The van der Waals surface area contributed by atoms with E-state index in [2.05, 4.69) is 21.0 Å². The molecule has 0 spiro atoms. The van der Waals surface area contributed by atoms with Crippen LogP contribution in [0.2, 0.25) is 0 Å². The lowest BCUT2D eigenvalue weighted by molar-refractivity contribution is 0.319. The zero-order valence-electron chi connectivity index (χ0n) is 9.31. The molecular weight excluding hydrogens is 302 g/mol. The van der Waals surface area contributed by atoms with Crippen molar-refractivity contribution in [2.75, 3.05) is 13.7 Å². The van der Waals surface area contributed by atoms with Gasteiger partial charge in [0.2, 0.25) is 0 Å². The Bertz CT molecular complexity index is 490. The summed E-state index contributed by atoms with van der Waals surface area (Å²) in [7, 11) is 1.74. The number of rotatable bonds is 1. The van der Waals surface area contributed by atoms with Crippen LogP contribution < -0.4 is 10.5 Å². The summed E-state index contributed by atoms with van der Waals surface area (Å²) in [5.41, 5.74) is 7.43. The lowest BCUT2D eigenvalue weighted by Gasteiger charge is -2.21. The van der Waals surface area contributed by atoms with E-state index in [1.807, 2.05) is 18.2 Å². The largest absolute Gasteiger partial charge is 0.492 e. The van der Waals surface area contributed by atoms with Crippen molar-refractivity contribution in [1.82, 2.24) is 5.01 Å². The number of hydrazone groups is 1. The molecule has 0 aliphatic carbocycles. The van der Waals surface area contributed by atoms with Gasteiger partial charge in [-0.2, -0.15) is 5.10 Å². The van der Waals surface area contributed by atoms with E-state index in [-0.39, 0.29) is 5.11 Å². The fraction of sp³-hybridized carbons (Fsp3) is 0.273. The second-order valence-corrected chi connectivity index (χ2v) is 4.98. The first-order valence-electron chi connectivity index (χ1n) is 5.11. The van der Waals surface area contributed by atoms with E-state index in [4.69, 9.17) is 22.7 Å². The van der Waals surface area contributed by atoms with E-state index in [1.165, 1.54) is 5.01 Å². The Balaban J connectivity index is 2.40. The van der Waals surface area contributed by atoms with Gasteiger partial charge in [0.1, 0.15) is 5.75 Å². The fourth-order valence-corrected chi connectivity index (χ4v) is 1.98. The van der Waals surface area contributed by atoms with Gasteiger partial charge in [-0.25, -0.2) is 5.01 Å². The fourth-order valence-electron chi connectivity index (χ4n) is 1.58. The molecule has 1 heterocycles. The van der Waals surface area contributed by atoms with Crippen LogP contribution in [0.25, 0.3) is 0 Å². The number of hydrogen-bond donors (Lipinski definition) is 1. The molecule has 17 heavy (non-hydrogen) atoms. The van der Waals surface area contributed by atoms with E-state index in [9.17, 15) is 0 Å². The maximum atomic E-state index is 5.57. The smallest absolute Gasteiger partial charge is 0.186 e. The minimum absolute atomic E-state index is 0.250. The molecule has 1 aromatic rings. The standard InChI is InChI=1S/C11H12BrN3OS/c1-15(11(13)17)14-9-4-5-16-10-3-2-7(12)6-8(9)10/h2-3,6H,4-5H2,1H3,(H2,13,17)/b14-9+. The van der Waals surface area contributed by atoms with Crippen molar-refractivity contribution in [2.45, 2.75) is 6.42 Å². The average Bonchev–Trinajstić information content (AvgIpc) is 2.29. The van der Waals surface area contributed by atoms with Crippen LogP contribution in [0.1, 0.15) is 12.0 Å². The topological polar surface area (TPSA) is 50.8 Å². The Morgan fingerprint density at radius 1 is 1.59 bits per heavy atom. The second kappa shape index (κ2) is 5.01. The molecule has 0 bridgehead atoms. The minimum Gasteiger partial charge on any atom is -0.492 e. The molecule has 0 radical (unpaired) electrons. The summed E-state index contributed by atoms with van der Waals surface area (Å²) in [5, 5.41) is 6.15. The third-order valence-corrected chi connectivity index (χ3v) is 3.20. The lowest BCUT2D eigenvalue weighted by atomic mass is 10.0. The molecule has 1 aromatic carbocycles. The zero-order valence-corrected chi connectivity index (χ0v) is 11.7. The Morgan fingerprint density at radius 2 is 2.35 bits per heavy atom. The number of thiocarbonyl (C=S) groups is 1. The van der Waals surface area contributed by atoms with E-state index < -0.39 is 0 Å². The number of halogens is 1. The van der Waals surface area contributed by atoms with Crippen molar-refractivity contribution in [1.29, 1.82) is 0 Å². The van der Waals surface area contributed by atoms with Crippen molar-refractivity contribution in [2.24, 2.45) is 10.8 Å². The van der Waals surface area contributed by atoms with Crippen molar-refractivity contribution in [3.63, 3.8) is 0 Å². The number of benzene rings is 1. The normalized spacial score (nSPS) is 16.2. The SMILES string of the molecule is CN(/N=C1\CCOc2ccc(Br)cc21)C(N)=S. The van der Waals surface area contributed by atoms with Crippen LogP contribution in [-0.4, -0.2) is 29.5 Å². The Hall–Kier alpha value is -1.14. The summed E-state index contributed by atoms with van der Waals surface area (Å²) >= 11 is 8.31. The molecule has 90 valence electrons. The van der Waals surface area contributed by atoms with Gasteiger partial charge in [-0.3, -0.25) is 0 Å². The molecule has 2 N–H and O–H groups in total. The van der Waals surface area contributed by atoms with E-state index in [0.717, 1.165) is 27.9 Å². The summed E-state index contributed by atoms with van der Waals surface area (Å²) in [6.07, 6.45) is 0.746. The first kappa shape index (κ1) is 12.3. The zero-order chi connectivity index (χ0) is 12.4. The molecule has 0 atom stereocenters. The third-order valence-electron chi connectivity index (χ3n) is 2.44. The molecule has 0 unspecified atom stereocenters. The van der Waals surface area contributed by atoms with Gasteiger partial charge in [0.05, 0.1) is 12.3 Å².